The molecule has 56 heteroatoms. The van der Waals surface area contributed by atoms with Crippen molar-refractivity contribution in [2.45, 2.75) is 0 Å². The molecule has 0 spiro atoms. The van der Waals surface area contributed by atoms with E-state index in [1.165, 1.54) is 0 Å². The molecule has 0 saturated carbocycles. The first kappa shape index (κ1) is 92.9. The number of aliphatic imine (C=N–C) groups is 3. The van der Waals surface area contributed by atoms with Gasteiger partial charge in [-0.25, -0.2) is 230 Å². The number of rotatable bonds is 7. The molecule has 0 fully saturated rings. The zero-order chi connectivity index (χ0) is 98.4. The molecule has 7 nitrogen and oxygen atoms in total. The zero-order valence-electron chi connectivity index (χ0n) is 60.4. The Hall–Kier alpha value is -14.8. The lowest BCUT2D eigenvalue weighted by atomic mass is 9.97. The van der Waals surface area contributed by atoms with Crippen molar-refractivity contribution in [3.8, 4) is 0 Å². The van der Waals surface area contributed by atoms with E-state index in [2.05, 4.69) is 15.0 Å². The van der Waals surface area contributed by atoms with Gasteiger partial charge in [-0.2, -0.15) is 0 Å². The third-order valence-corrected chi connectivity index (χ3v) is 19.7. The maximum absolute atomic E-state index is 17.7. The van der Waals surface area contributed by atoms with E-state index >= 15 is 215 Å². The van der Waals surface area contributed by atoms with Gasteiger partial charge in [-0.15, -0.1) is 0 Å². The van der Waals surface area contributed by atoms with E-state index in [1.807, 2.05) is 0 Å². The van der Waals surface area contributed by atoms with Gasteiger partial charge in [0.05, 0.1) is 83.1 Å². The lowest BCUT2D eigenvalue weighted by Gasteiger charge is -2.15. The molecule has 7 aromatic carbocycles. The monoisotopic (exact) mass is 1960 g/mol. The molecule has 0 aliphatic carbocycles. The number of fused-ring (bicyclic) bond motifs is 11. The SMILES string of the molecule is FC1=C(F)C2=C(c3c(F)c(F)c(F)c(F)c3F)c3[nH]c(c(F)c3F)C(c3c(F)c(F)c(F)c(F)c3F)=C3N=C(C(F)=C3F)C(c3c(F)c(F)c(F)c(F)c3F)=c3[nH]c(c(F)c3F)=C(c3c(F)c(F)c(F)c(F)c3F)c3[nH]c(c(F)c3F)C(c3c(F)c(F)c(F)c(F)c3F)=C3N=C(C(F)=C3F)C(c3c(F)c(F)c(F)c(F)c3F)=c3[nH]c(c(F)c3F)=C(c3c(F)c(F)c(F)c(F)c3F)C1=N2. The summed E-state index contributed by atoms with van der Waals surface area (Å²) in [6.07, 6.45) is 0. The van der Waals surface area contributed by atoms with E-state index in [9.17, 15) is 0 Å². The number of H-pyrrole nitrogens is 4. The Bertz CT molecular complexity index is 7810. The van der Waals surface area contributed by atoms with Crippen LogP contribution in [0.1, 0.15) is 61.7 Å². The Morgan fingerprint density at radius 3 is 0.406 bits per heavy atom. The van der Waals surface area contributed by atoms with Gasteiger partial charge in [0, 0.05) is 39.0 Å². The first-order chi connectivity index (χ1) is 62.0. The molecule has 0 amide bonds. The predicted octanol–water partition coefficient (Wildman–Crippen LogP) is 21.3. The molecular formula is C77H4F49N7. The number of allylic oxidation sites excluding steroid dienone is 6. The van der Waals surface area contributed by atoms with E-state index in [-0.39, 0.29) is 0 Å². The van der Waals surface area contributed by atoms with Gasteiger partial charge in [-0.1, -0.05) is 0 Å². The summed E-state index contributed by atoms with van der Waals surface area (Å²) in [5.74, 6) is -184. The minimum atomic E-state index is -3.84. The maximum atomic E-state index is 17.7. The second-order valence-corrected chi connectivity index (χ2v) is 26.6. The Balaban J connectivity index is 1.30. The number of benzene rings is 7. The Kier molecular flexibility index (Phi) is 22.2. The smallest absolute Gasteiger partial charge is 0.200 e. The predicted molar refractivity (Wildman–Crippen MR) is 342 cm³/mol. The summed E-state index contributed by atoms with van der Waals surface area (Å²) in [6.45, 7) is 0. The van der Waals surface area contributed by atoms with Crippen LogP contribution < -0.4 is 21.4 Å². The minimum Gasteiger partial charge on any atom is -0.349 e. The molecule has 0 saturated heterocycles. The van der Waals surface area contributed by atoms with Gasteiger partial charge in [0.2, 0.25) is 40.7 Å². The fourth-order valence-corrected chi connectivity index (χ4v) is 13.8. The highest BCUT2D eigenvalue weighted by Crippen LogP contribution is 2.52. The molecule has 4 N–H and O–H groups in total. The summed E-state index contributed by atoms with van der Waals surface area (Å²) in [7, 11) is 0. The number of aromatic nitrogens is 4. The minimum absolute atomic E-state index is 0.663. The largest absolute Gasteiger partial charge is 0.349 e. The maximum Gasteiger partial charge on any atom is 0.200 e. The number of nitrogens with zero attached hydrogens (tertiary/aromatic N) is 3. The summed E-state index contributed by atoms with van der Waals surface area (Å²) in [5, 5.41) is -13.2. The van der Waals surface area contributed by atoms with Crippen molar-refractivity contribution in [2.75, 3.05) is 0 Å². The molecule has 11 aromatic rings. The van der Waals surface area contributed by atoms with Crippen LogP contribution in [-0.2, 0) is 0 Å². The van der Waals surface area contributed by atoms with Crippen LogP contribution in [0.5, 0.6) is 0 Å². The second-order valence-electron chi connectivity index (χ2n) is 26.6. The van der Waals surface area contributed by atoms with Crippen molar-refractivity contribution < 1.29 is 215 Å². The molecular weight excluding hydrogens is 1950 g/mol. The van der Waals surface area contributed by atoms with Crippen LogP contribution >= 0.6 is 0 Å². The Morgan fingerprint density at radius 1 is 0.113 bits per heavy atom. The van der Waals surface area contributed by atoms with Crippen LogP contribution in [0.2, 0.25) is 0 Å². The molecule has 0 atom stereocenters. The molecule has 15 rings (SSSR count). The summed E-state index contributed by atoms with van der Waals surface area (Å²) in [4.78, 5) is 10.6. The third-order valence-electron chi connectivity index (χ3n) is 19.7. The van der Waals surface area contributed by atoms with Crippen molar-refractivity contribution in [1.29, 1.82) is 0 Å². The van der Waals surface area contributed by atoms with Crippen molar-refractivity contribution >= 4 is 56.1 Å². The van der Waals surface area contributed by atoms with E-state index in [0.29, 0.717) is 19.9 Å². The third kappa shape index (κ3) is 12.7. The number of aromatic amines is 4. The van der Waals surface area contributed by atoms with E-state index in [0.717, 1.165) is 0 Å². The molecule has 0 unspecified atom stereocenters. The number of halogens is 49. The van der Waals surface area contributed by atoms with Crippen LogP contribution in [0.15, 0.2) is 67.0 Å². The molecule has 4 aliphatic rings. The zero-order valence-corrected chi connectivity index (χ0v) is 60.4. The first-order valence-corrected chi connectivity index (χ1v) is 33.6. The van der Waals surface area contributed by atoms with E-state index < -0.39 is 441 Å². The lowest BCUT2D eigenvalue weighted by molar-refractivity contribution is 0.376. The molecule has 0 radical (unpaired) electrons. The van der Waals surface area contributed by atoms with Crippen LogP contribution in [0, 0.1) is 250 Å². The van der Waals surface area contributed by atoms with Gasteiger partial charge in [-0.3, -0.25) is 0 Å². The number of nitrogens with one attached hydrogen (secondary N) is 4. The van der Waals surface area contributed by atoms with Crippen molar-refractivity contribution in [2.24, 2.45) is 15.0 Å². The fraction of sp³-hybridized carbons (Fsp3) is 0. The highest BCUT2D eigenvalue weighted by atomic mass is 19.2. The van der Waals surface area contributed by atoms with E-state index in [4.69, 9.17) is 0 Å². The number of hydrogen-bond acceptors (Lipinski definition) is 3. The summed E-state index contributed by atoms with van der Waals surface area (Å²) >= 11 is 0. The number of hydrogen-bond donors (Lipinski definition) is 4. The molecule has 133 heavy (non-hydrogen) atoms. The normalized spacial score (nSPS) is 14.7. The van der Waals surface area contributed by atoms with Crippen molar-refractivity contribution in [3.63, 3.8) is 0 Å². The van der Waals surface area contributed by atoms with Crippen molar-refractivity contribution in [1.82, 2.24) is 19.9 Å². The van der Waals surface area contributed by atoms with Crippen molar-refractivity contribution in [3.05, 3.63) is 385 Å². The molecule has 690 valence electrons. The highest BCUT2D eigenvalue weighted by molar-refractivity contribution is 6.35. The van der Waals surface area contributed by atoms with Gasteiger partial charge in [0.15, 0.2) is 244 Å². The molecule has 14 bridgehead atoms. The van der Waals surface area contributed by atoms with Crippen LogP contribution in [0.4, 0.5) is 215 Å². The lowest BCUT2D eigenvalue weighted by Crippen LogP contribution is -2.26. The van der Waals surface area contributed by atoms with Gasteiger partial charge < -0.3 is 19.9 Å². The highest BCUT2D eigenvalue weighted by Gasteiger charge is 2.49. The van der Waals surface area contributed by atoms with E-state index in [1.54, 1.807) is 0 Å². The van der Waals surface area contributed by atoms with Crippen LogP contribution in [0.3, 0.4) is 0 Å². The Morgan fingerprint density at radius 2 is 0.241 bits per heavy atom. The van der Waals surface area contributed by atoms with Crippen LogP contribution in [0.25, 0.3) is 39.0 Å². The second kappa shape index (κ2) is 31.7. The molecule has 4 aromatic heterocycles. The average molecular weight is 1960 g/mol. The average Bonchev–Trinajstić information content (AvgIpc) is 1.56. The van der Waals surface area contributed by atoms with Gasteiger partial charge in [-0.05, 0) is 0 Å². The van der Waals surface area contributed by atoms with Gasteiger partial charge in [0.1, 0.15) is 34.2 Å². The van der Waals surface area contributed by atoms with Crippen LogP contribution in [-0.4, -0.2) is 37.1 Å². The summed E-state index contributed by atoms with van der Waals surface area (Å²) in [6, 6.07) is 0. The van der Waals surface area contributed by atoms with Gasteiger partial charge in [0.25, 0.3) is 0 Å². The molecule has 4 aliphatic heterocycles. The summed E-state index contributed by atoms with van der Waals surface area (Å²) < 4.78 is 808. The Labute approximate surface area is 690 Å². The quantitative estimate of drug-likeness (QED) is 0.0694. The topological polar surface area (TPSA) is 100 Å². The summed E-state index contributed by atoms with van der Waals surface area (Å²) in [5.41, 5.74) is -81.9. The molecule has 8 heterocycles. The first-order valence-electron chi connectivity index (χ1n) is 33.6. The fourth-order valence-electron chi connectivity index (χ4n) is 13.8. The standard InChI is InChI=1S/C77H4F49N7/c78-15-1(16(79)30(93)43(106)29(15)92)8-64-50(113)52(115)66(127-64)9(2-17(80)31(94)44(107)32(95)18(2)81)68-54(117)56(119)70(129-68)11(4-21(84)35(98)46(109)36(99)22(4)85)72-58(121)60(123)74(131-72)13(6-25(88)39(102)48(111)40(103)26(6)89)76-62(125)63(126)77(133-76)14(7-27(90)41(104)49(112)42(105)28(7)91)75-61(124)59(122)73(132-75)12(5-23(86)37(100)47(110)38(101)24(5)87)71-57(120)55(118)69(130-71)10(67-53(116)51(114)65(8)128-67)3-19(82)33(96)45(108)34(97)20(3)83/h127-128,131-132H. The van der Waals surface area contributed by atoms with Gasteiger partial charge >= 0.3 is 0 Å².